The van der Waals surface area contributed by atoms with Crippen LogP contribution in [0.15, 0.2) is 24.3 Å². The molecule has 1 aromatic heterocycles. The Hall–Kier alpha value is -2.01. The largest absolute Gasteiger partial charge is 0.496 e. The molecule has 1 N–H and O–H groups in total. The van der Waals surface area contributed by atoms with E-state index in [1.165, 1.54) is 0 Å². The molecule has 0 saturated carbocycles. The number of nitrogens with one attached hydrogen (secondary N) is 1. The van der Waals surface area contributed by atoms with Gasteiger partial charge in [0.15, 0.2) is 0 Å². The number of fused-ring (bicyclic) bond motifs is 1. The van der Waals surface area contributed by atoms with E-state index in [0.717, 1.165) is 36.1 Å². The van der Waals surface area contributed by atoms with Gasteiger partial charge >= 0.3 is 0 Å². The third-order valence-electron chi connectivity index (χ3n) is 3.99. The van der Waals surface area contributed by atoms with Crippen LogP contribution in [0.3, 0.4) is 0 Å². The second kappa shape index (κ2) is 5.77. The lowest BCUT2D eigenvalue weighted by atomic mass is 10.1. The molecular weight excluding hydrogens is 268 g/mol. The molecule has 1 saturated heterocycles. The van der Waals surface area contributed by atoms with Crippen LogP contribution in [-0.2, 0) is 11.8 Å². The van der Waals surface area contributed by atoms with E-state index in [1.54, 1.807) is 7.11 Å². The van der Waals surface area contributed by atoms with E-state index in [0.29, 0.717) is 12.3 Å². The number of ether oxygens (including phenoxy) is 2. The number of carbonyl (C=O) groups is 1. The molecule has 1 amide bonds. The fraction of sp³-hybridized carbons (Fsp3) is 0.438. The van der Waals surface area contributed by atoms with Gasteiger partial charge in [-0.05, 0) is 31.0 Å². The number of methoxy groups -OCH3 is 1. The number of aryl methyl sites for hydroxylation is 1. The first-order chi connectivity index (χ1) is 10.2. The summed E-state index contributed by atoms with van der Waals surface area (Å²) in [5, 5.41) is 4.00. The molecule has 1 fully saturated rings. The Balaban J connectivity index is 1.89. The lowest BCUT2D eigenvalue weighted by Crippen LogP contribution is -2.41. The van der Waals surface area contributed by atoms with Crippen LogP contribution in [0.2, 0.25) is 0 Å². The van der Waals surface area contributed by atoms with Crippen molar-refractivity contribution in [1.29, 1.82) is 0 Å². The quantitative estimate of drug-likeness (QED) is 0.941. The number of nitrogens with zero attached hydrogens (tertiary/aromatic N) is 1. The van der Waals surface area contributed by atoms with E-state index >= 15 is 0 Å². The minimum absolute atomic E-state index is 0.0637. The van der Waals surface area contributed by atoms with Crippen LogP contribution in [-0.4, -0.2) is 36.8 Å². The van der Waals surface area contributed by atoms with Gasteiger partial charge in [0.25, 0.3) is 5.91 Å². The Morgan fingerprint density at radius 1 is 1.48 bits per heavy atom. The molecule has 21 heavy (non-hydrogen) atoms. The van der Waals surface area contributed by atoms with Crippen molar-refractivity contribution in [3.63, 3.8) is 0 Å². The molecule has 0 unspecified atom stereocenters. The summed E-state index contributed by atoms with van der Waals surface area (Å²) in [6.45, 7) is 1.39. The summed E-state index contributed by atoms with van der Waals surface area (Å²) < 4.78 is 12.7. The molecule has 2 aromatic rings. The Labute approximate surface area is 123 Å². The lowest BCUT2D eigenvalue weighted by Gasteiger charge is -2.23. The third kappa shape index (κ3) is 2.61. The second-order valence-electron chi connectivity index (χ2n) is 5.37. The van der Waals surface area contributed by atoms with E-state index in [1.807, 2.05) is 35.9 Å². The van der Waals surface area contributed by atoms with Crippen molar-refractivity contribution in [2.45, 2.75) is 18.9 Å². The van der Waals surface area contributed by atoms with Gasteiger partial charge in [-0.1, -0.05) is 6.07 Å². The van der Waals surface area contributed by atoms with Gasteiger partial charge < -0.3 is 19.4 Å². The van der Waals surface area contributed by atoms with E-state index in [-0.39, 0.29) is 11.9 Å². The molecule has 0 radical (unpaired) electrons. The van der Waals surface area contributed by atoms with E-state index in [4.69, 9.17) is 9.47 Å². The predicted octanol–water partition coefficient (Wildman–Crippen LogP) is 2.10. The second-order valence-corrected chi connectivity index (χ2v) is 5.37. The van der Waals surface area contributed by atoms with E-state index in [2.05, 4.69) is 5.32 Å². The summed E-state index contributed by atoms with van der Waals surface area (Å²) in [5.41, 5.74) is 1.62. The molecule has 1 aromatic carbocycles. The van der Waals surface area contributed by atoms with Crippen molar-refractivity contribution in [3.05, 3.63) is 30.0 Å². The molecule has 112 valence electrons. The Morgan fingerprint density at radius 2 is 2.33 bits per heavy atom. The zero-order valence-corrected chi connectivity index (χ0v) is 12.4. The van der Waals surface area contributed by atoms with Gasteiger partial charge in [0.2, 0.25) is 0 Å². The number of hydrogen-bond acceptors (Lipinski definition) is 3. The summed E-state index contributed by atoms with van der Waals surface area (Å²) in [6, 6.07) is 7.80. The Kier molecular flexibility index (Phi) is 3.84. The van der Waals surface area contributed by atoms with E-state index in [9.17, 15) is 4.79 Å². The summed E-state index contributed by atoms with van der Waals surface area (Å²) >= 11 is 0. The number of benzene rings is 1. The molecule has 5 nitrogen and oxygen atoms in total. The van der Waals surface area contributed by atoms with Gasteiger partial charge in [0, 0.05) is 19.0 Å². The fourth-order valence-electron chi connectivity index (χ4n) is 2.84. The molecule has 1 aliphatic heterocycles. The number of hydrogen-bond donors (Lipinski definition) is 1. The monoisotopic (exact) mass is 288 g/mol. The number of carbonyl (C=O) groups excluding carboxylic acids is 1. The zero-order valence-electron chi connectivity index (χ0n) is 12.4. The first-order valence-electron chi connectivity index (χ1n) is 7.21. The zero-order chi connectivity index (χ0) is 14.8. The first kappa shape index (κ1) is 13.9. The lowest BCUT2D eigenvalue weighted by molar-refractivity contribution is 0.0620. The molecule has 1 aliphatic rings. The smallest absolute Gasteiger partial charge is 0.268 e. The standard InChI is InChI=1S/C16H20N2O3/c1-18-13-6-3-7-15(20-2)12(13)9-14(18)16(19)17-11-5-4-8-21-10-11/h3,6-7,9,11H,4-5,8,10H2,1-2H3,(H,17,19)/t11-/m1/s1. The van der Waals surface area contributed by atoms with Gasteiger partial charge in [-0.3, -0.25) is 4.79 Å². The summed E-state index contributed by atoms with van der Waals surface area (Å²) in [5.74, 6) is 0.717. The van der Waals surface area contributed by atoms with E-state index < -0.39 is 0 Å². The van der Waals surface area contributed by atoms with Crippen LogP contribution >= 0.6 is 0 Å². The van der Waals surface area contributed by atoms with Gasteiger partial charge in [0.1, 0.15) is 11.4 Å². The number of aromatic nitrogens is 1. The molecular formula is C16H20N2O3. The first-order valence-corrected chi connectivity index (χ1v) is 7.21. The molecule has 0 spiro atoms. The predicted molar refractivity (Wildman–Crippen MR) is 80.8 cm³/mol. The minimum atomic E-state index is -0.0637. The SMILES string of the molecule is COc1cccc2c1cc(C(=O)N[C@@H]1CCCOC1)n2C. The Morgan fingerprint density at radius 3 is 3.05 bits per heavy atom. The van der Waals surface area contributed by atoms with Gasteiger partial charge in [-0.2, -0.15) is 0 Å². The van der Waals surface area contributed by atoms with Crippen LogP contribution in [0.4, 0.5) is 0 Å². The number of amides is 1. The average molecular weight is 288 g/mol. The summed E-state index contributed by atoms with van der Waals surface area (Å²) in [6.07, 6.45) is 1.97. The maximum absolute atomic E-state index is 12.5. The summed E-state index contributed by atoms with van der Waals surface area (Å²) in [4.78, 5) is 12.5. The van der Waals surface area contributed by atoms with Gasteiger partial charge in [-0.25, -0.2) is 0 Å². The maximum Gasteiger partial charge on any atom is 0.268 e. The van der Waals surface area contributed by atoms with Crippen molar-refractivity contribution < 1.29 is 14.3 Å². The van der Waals surface area contributed by atoms with Crippen molar-refractivity contribution in [3.8, 4) is 5.75 Å². The fourth-order valence-corrected chi connectivity index (χ4v) is 2.84. The average Bonchev–Trinajstić information content (AvgIpc) is 2.86. The van der Waals surface area contributed by atoms with Crippen LogP contribution in [0, 0.1) is 0 Å². The third-order valence-corrected chi connectivity index (χ3v) is 3.99. The van der Waals surface area contributed by atoms with Crippen molar-refractivity contribution >= 4 is 16.8 Å². The normalized spacial score (nSPS) is 18.7. The van der Waals surface area contributed by atoms with Gasteiger partial charge in [0.05, 0.1) is 25.3 Å². The number of rotatable bonds is 3. The molecule has 0 bridgehead atoms. The highest BCUT2D eigenvalue weighted by Gasteiger charge is 2.20. The highest BCUT2D eigenvalue weighted by Crippen LogP contribution is 2.28. The topological polar surface area (TPSA) is 52.5 Å². The van der Waals surface area contributed by atoms with Crippen LogP contribution in [0.1, 0.15) is 23.3 Å². The highest BCUT2D eigenvalue weighted by molar-refractivity contribution is 6.00. The minimum Gasteiger partial charge on any atom is -0.496 e. The van der Waals surface area contributed by atoms with Crippen LogP contribution < -0.4 is 10.1 Å². The molecule has 0 aliphatic carbocycles. The molecule has 1 atom stereocenters. The van der Waals surface area contributed by atoms with Crippen LogP contribution in [0.25, 0.3) is 10.9 Å². The molecule has 3 rings (SSSR count). The van der Waals surface area contributed by atoms with Crippen LogP contribution in [0.5, 0.6) is 5.75 Å². The Bertz CT molecular complexity index is 657. The summed E-state index contributed by atoms with van der Waals surface area (Å²) in [7, 11) is 3.54. The molecule has 2 heterocycles. The van der Waals surface area contributed by atoms with Gasteiger partial charge in [-0.15, -0.1) is 0 Å². The van der Waals surface area contributed by atoms with Crippen molar-refractivity contribution in [2.24, 2.45) is 7.05 Å². The molecule has 5 heteroatoms. The van der Waals surface area contributed by atoms with Crippen molar-refractivity contribution in [1.82, 2.24) is 9.88 Å². The highest BCUT2D eigenvalue weighted by atomic mass is 16.5. The van der Waals surface area contributed by atoms with Crippen molar-refractivity contribution in [2.75, 3.05) is 20.3 Å². The maximum atomic E-state index is 12.5.